The molecule has 0 saturated heterocycles. The summed E-state index contributed by atoms with van der Waals surface area (Å²) in [6.07, 6.45) is 2.79. The Morgan fingerprint density at radius 2 is 1.88 bits per heavy atom. The first-order valence-electron chi connectivity index (χ1n) is 10.5. The van der Waals surface area contributed by atoms with Crippen molar-refractivity contribution in [2.75, 3.05) is 0 Å². The highest BCUT2D eigenvalue weighted by Gasteiger charge is 2.12. The molecule has 0 atom stereocenters. The van der Waals surface area contributed by atoms with Gasteiger partial charge in [-0.2, -0.15) is 10.2 Å². The molecule has 0 bridgehead atoms. The van der Waals surface area contributed by atoms with Crippen molar-refractivity contribution in [1.82, 2.24) is 15.2 Å². The molecule has 0 unspecified atom stereocenters. The molecule has 4 rings (SSSR count). The Hall–Kier alpha value is -4.46. The molecule has 8 nitrogen and oxygen atoms in total. The van der Waals surface area contributed by atoms with Crippen molar-refractivity contribution >= 4 is 5.84 Å². The predicted molar refractivity (Wildman–Crippen MR) is 126 cm³/mol. The number of hydrogen-bond acceptors (Lipinski definition) is 6. The number of pyridine rings is 1. The first-order chi connectivity index (χ1) is 16.1. The van der Waals surface area contributed by atoms with Crippen molar-refractivity contribution in [2.24, 2.45) is 10.9 Å². The minimum atomic E-state index is -0.163. The maximum Gasteiger partial charge on any atom is 0.251 e. The van der Waals surface area contributed by atoms with Gasteiger partial charge in [-0.1, -0.05) is 30.3 Å². The quantitative estimate of drug-likeness (QED) is 0.173. The van der Waals surface area contributed by atoms with Crippen LogP contribution in [-0.4, -0.2) is 26.2 Å². The maximum atomic E-state index is 12.1. The van der Waals surface area contributed by atoms with E-state index in [4.69, 9.17) is 15.7 Å². The van der Waals surface area contributed by atoms with E-state index in [1.54, 1.807) is 36.5 Å². The topological polar surface area (TPSA) is 126 Å². The smallest absolute Gasteiger partial charge is 0.251 e. The number of amidine groups is 1. The highest BCUT2D eigenvalue weighted by Crippen LogP contribution is 2.29. The third-order valence-corrected chi connectivity index (χ3v) is 5.21. The Balaban J connectivity index is 1.63. The van der Waals surface area contributed by atoms with E-state index < -0.39 is 0 Å². The van der Waals surface area contributed by atoms with Gasteiger partial charge in [0.1, 0.15) is 11.5 Å². The van der Waals surface area contributed by atoms with Crippen molar-refractivity contribution < 1.29 is 9.94 Å². The number of benzene rings is 2. The first kappa shape index (κ1) is 21.8. The summed E-state index contributed by atoms with van der Waals surface area (Å²) in [4.78, 5) is 14.8. The number of nitrogens with two attached hydrogens (primary N) is 1. The summed E-state index contributed by atoms with van der Waals surface area (Å²) < 4.78 is 6.14. The lowest BCUT2D eigenvalue weighted by Crippen LogP contribution is -2.14. The van der Waals surface area contributed by atoms with Crippen LogP contribution in [0.2, 0.25) is 0 Å². The van der Waals surface area contributed by atoms with E-state index in [2.05, 4.69) is 20.3 Å². The Bertz CT molecular complexity index is 1330. The van der Waals surface area contributed by atoms with Crippen LogP contribution in [0.1, 0.15) is 29.3 Å². The monoisotopic (exact) mass is 441 g/mol. The fourth-order valence-electron chi connectivity index (χ4n) is 3.34. The van der Waals surface area contributed by atoms with Gasteiger partial charge in [-0.15, -0.1) is 0 Å². The summed E-state index contributed by atoms with van der Waals surface area (Å²) in [6.45, 7) is 2.03. The van der Waals surface area contributed by atoms with Gasteiger partial charge >= 0.3 is 0 Å². The highest BCUT2D eigenvalue weighted by atomic mass is 16.5. The van der Waals surface area contributed by atoms with Gasteiger partial charge < -0.3 is 20.7 Å². The Kier molecular flexibility index (Phi) is 6.45. The zero-order chi connectivity index (χ0) is 23.2. The average Bonchev–Trinajstić information content (AvgIpc) is 2.86. The molecule has 2 aromatic heterocycles. The number of hydrogen-bond donors (Lipinski definition) is 3. The van der Waals surface area contributed by atoms with Gasteiger partial charge in [0.15, 0.2) is 5.84 Å². The lowest BCUT2D eigenvalue weighted by Gasteiger charge is -2.13. The van der Waals surface area contributed by atoms with E-state index in [-0.39, 0.29) is 11.4 Å². The van der Waals surface area contributed by atoms with E-state index in [1.165, 1.54) is 0 Å². The highest BCUT2D eigenvalue weighted by molar-refractivity contribution is 5.97. The summed E-state index contributed by atoms with van der Waals surface area (Å²) in [5.74, 6) is 1.06. The second-order valence-electron chi connectivity index (χ2n) is 7.40. The molecule has 2 heterocycles. The Labute approximate surface area is 190 Å². The fraction of sp³-hybridized carbons (Fsp3) is 0.120. The van der Waals surface area contributed by atoms with Gasteiger partial charge in [0.05, 0.1) is 11.4 Å². The molecule has 0 amide bonds. The van der Waals surface area contributed by atoms with Crippen LogP contribution >= 0.6 is 0 Å². The largest absolute Gasteiger partial charge is 0.457 e. The summed E-state index contributed by atoms with van der Waals surface area (Å²) in [5, 5.41) is 20.6. The molecule has 4 N–H and O–H groups in total. The number of ether oxygens (including phenoxy) is 1. The predicted octanol–water partition coefficient (Wildman–Crippen LogP) is 3.87. The van der Waals surface area contributed by atoms with E-state index >= 15 is 0 Å². The van der Waals surface area contributed by atoms with Crippen LogP contribution in [0.5, 0.6) is 11.5 Å². The zero-order valence-electron chi connectivity index (χ0n) is 18.0. The number of oxime groups is 1. The van der Waals surface area contributed by atoms with Crippen molar-refractivity contribution in [3.05, 3.63) is 106 Å². The molecule has 8 heteroatoms. The standard InChI is InChI=1S/C25H23N5O3/c1-2-20-9-12-22(29-28-20)16-7-10-21(11-8-16)33-23-15-18(24(26)30-32)6-5-17(23)14-19-4-3-13-27-25(19)31/h3-13,15,32H,2,14H2,1H3,(H2,26,30)(H,27,31). The zero-order valence-corrected chi connectivity index (χ0v) is 18.0. The van der Waals surface area contributed by atoms with E-state index in [0.717, 1.165) is 28.9 Å². The number of aromatic nitrogens is 3. The summed E-state index contributed by atoms with van der Waals surface area (Å²) in [5.41, 5.74) is 10.1. The number of aromatic amines is 1. The second-order valence-corrected chi connectivity index (χ2v) is 7.40. The molecule has 33 heavy (non-hydrogen) atoms. The van der Waals surface area contributed by atoms with Gasteiger partial charge in [0.2, 0.25) is 0 Å². The van der Waals surface area contributed by atoms with Crippen LogP contribution in [0.4, 0.5) is 0 Å². The summed E-state index contributed by atoms with van der Waals surface area (Å²) in [7, 11) is 0. The molecule has 0 radical (unpaired) electrons. The molecule has 0 fully saturated rings. The lowest BCUT2D eigenvalue weighted by molar-refractivity contribution is 0.318. The third kappa shape index (κ3) is 5.07. The SMILES string of the molecule is CCc1ccc(-c2ccc(Oc3cc(C(N)=NO)ccc3Cc3ccc[nH]c3=O)cc2)nn1. The summed E-state index contributed by atoms with van der Waals surface area (Å²) in [6, 6.07) is 20.1. The molecule has 0 aliphatic heterocycles. The number of aryl methyl sites for hydroxylation is 1. The van der Waals surface area contributed by atoms with Crippen LogP contribution in [0.15, 0.2) is 82.9 Å². The lowest BCUT2D eigenvalue weighted by atomic mass is 10.0. The van der Waals surface area contributed by atoms with Crippen molar-refractivity contribution in [3.63, 3.8) is 0 Å². The Morgan fingerprint density at radius 1 is 1.06 bits per heavy atom. The van der Waals surface area contributed by atoms with Gasteiger partial charge in [-0.25, -0.2) is 0 Å². The van der Waals surface area contributed by atoms with Gasteiger partial charge in [0.25, 0.3) is 5.56 Å². The van der Waals surface area contributed by atoms with E-state index in [1.807, 2.05) is 43.3 Å². The molecular weight excluding hydrogens is 418 g/mol. The second kappa shape index (κ2) is 9.78. The Morgan fingerprint density at radius 3 is 2.55 bits per heavy atom. The molecule has 0 spiro atoms. The number of rotatable bonds is 7. The van der Waals surface area contributed by atoms with Crippen molar-refractivity contribution in [2.45, 2.75) is 19.8 Å². The first-order valence-corrected chi connectivity index (χ1v) is 10.5. The van der Waals surface area contributed by atoms with Gasteiger partial charge in [-0.05, 0) is 60.5 Å². The van der Waals surface area contributed by atoms with Crippen LogP contribution in [0, 0.1) is 0 Å². The molecule has 4 aromatic rings. The third-order valence-electron chi connectivity index (χ3n) is 5.21. The number of H-pyrrole nitrogens is 1. The number of nitrogens with zero attached hydrogens (tertiary/aromatic N) is 3. The van der Waals surface area contributed by atoms with E-state index in [0.29, 0.717) is 29.0 Å². The maximum absolute atomic E-state index is 12.1. The minimum Gasteiger partial charge on any atom is -0.457 e. The molecule has 2 aromatic carbocycles. The summed E-state index contributed by atoms with van der Waals surface area (Å²) >= 11 is 0. The van der Waals surface area contributed by atoms with E-state index in [9.17, 15) is 4.79 Å². The van der Waals surface area contributed by atoms with Crippen LogP contribution in [0.3, 0.4) is 0 Å². The molecule has 0 aliphatic rings. The van der Waals surface area contributed by atoms with Gasteiger partial charge in [0, 0.05) is 29.3 Å². The molecule has 0 saturated carbocycles. The van der Waals surface area contributed by atoms with Crippen LogP contribution in [0.25, 0.3) is 11.3 Å². The van der Waals surface area contributed by atoms with Crippen molar-refractivity contribution in [3.8, 4) is 22.8 Å². The molecule has 166 valence electrons. The average molecular weight is 441 g/mol. The number of nitrogens with one attached hydrogen (secondary N) is 1. The minimum absolute atomic E-state index is 0.0339. The molecule has 0 aliphatic carbocycles. The van der Waals surface area contributed by atoms with Crippen LogP contribution in [-0.2, 0) is 12.8 Å². The fourth-order valence-corrected chi connectivity index (χ4v) is 3.34. The van der Waals surface area contributed by atoms with Crippen molar-refractivity contribution in [1.29, 1.82) is 0 Å². The van der Waals surface area contributed by atoms with Crippen LogP contribution < -0.4 is 16.0 Å². The normalized spacial score (nSPS) is 11.4. The molecular formula is C25H23N5O3. The van der Waals surface area contributed by atoms with Gasteiger partial charge in [-0.3, -0.25) is 4.79 Å².